The van der Waals surface area contributed by atoms with Gasteiger partial charge in [-0.15, -0.1) is 11.6 Å². The molecule has 0 aliphatic heterocycles. The van der Waals surface area contributed by atoms with Gasteiger partial charge in [0.05, 0.1) is 0 Å². The van der Waals surface area contributed by atoms with Crippen LogP contribution in [-0.4, -0.2) is 30.7 Å². The quantitative estimate of drug-likeness (QED) is 0.365. The number of pyridine rings is 1. The van der Waals surface area contributed by atoms with E-state index in [1.54, 1.807) is 12.2 Å². The van der Waals surface area contributed by atoms with Gasteiger partial charge in [0.1, 0.15) is 4.90 Å². The second kappa shape index (κ2) is 6.43. The van der Waals surface area contributed by atoms with E-state index in [0.29, 0.717) is 5.88 Å². The summed E-state index contributed by atoms with van der Waals surface area (Å²) in [5.41, 5.74) is 0. The second-order valence-corrected chi connectivity index (χ2v) is 5.16. The lowest BCUT2D eigenvalue weighted by Crippen LogP contribution is -2.23. The molecule has 18 heavy (non-hydrogen) atoms. The predicted octanol–water partition coefficient (Wildman–Crippen LogP) is 1.06. The van der Waals surface area contributed by atoms with Crippen molar-refractivity contribution in [2.75, 3.05) is 12.4 Å². The molecule has 98 valence electrons. The Kier molecular flexibility index (Phi) is 5.20. The Balaban J connectivity index is 2.79. The van der Waals surface area contributed by atoms with Crippen LogP contribution in [0.2, 0.25) is 0 Å². The standard InChI is InChI=1S/C9H10ClN3O4S/c10-5-1-2-6-12-18(16,17)8-3-4-9(11-7-8)13(14)15/h1-4,7,12H,5-6H2/b2-1+. The number of nitrogens with zero attached hydrogens (tertiary/aromatic N) is 2. The van der Waals surface area contributed by atoms with Gasteiger partial charge >= 0.3 is 5.82 Å². The number of aromatic nitrogens is 1. The minimum Gasteiger partial charge on any atom is -0.358 e. The summed E-state index contributed by atoms with van der Waals surface area (Å²) in [7, 11) is -3.71. The van der Waals surface area contributed by atoms with Crippen LogP contribution in [0.1, 0.15) is 0 Å². The Morgan fingerprint density at radius 2 is 2.17 bits per heavy atom. The summed E-state index contributed by atoms with van der Waals surface area (Å²) in [6, 6.07) is 2.15. The molecule has 0 fully saturated rings. The van der Waals surface area contributed by atoms with Crippen LogP contribution in [0.3, 0.4) is 0 Å². The van der Waals surface area contributed by atoms with Crippen LogP contribution in [0.25, 0.3) is 0 Å². The maximum atomic E-state index is 11.7. The molecule has 0 atom stereocenters. The molecule has 1 heterocycles. The Bertz CT molecular complexity index is 541. The number of rotatable bonds is 6. The summed E-state index contributed by atoms with van der Waals surface area (Å²) in [5, 5.41) is 10.4. The van der Waals surface area contributed by atoms with Crippen molar-refractivity contribution in [1.29, 1.82) is 0 Å². The molecule has 0 aromatic carbocycles. The van der Waals surface area contributed by atoms with Gasteiger partial charge in [0.2, 0.25) is 10.0 Å². The van der Waals surface area contributed by atoms with E-state index in [-0.39, 0.29) is 11.4 Å². The second-order valence-electron chi connectivity index (χ2n) is 3.09. The molecule has 1 aromatic rings. The lowest BCUT2D eigenvalue weighted by atomic mass is 10.5. The van der Waals surface area contributed by atoms with Crippen molar-refractivity contribution < 1.29 is 13.3 Å². The summed E-state index contributed by atoms with van der Waals surface area (Å²) in [4.78, 5) is 13.0. The number of nitro groups is 1. The normalized spacial score (nSPS) is 11.8. The van der Waals surface area contributed by atoms with Gasteiger partial charge in [-0.2, -0.15) is 0 Å². The van der Waals surface area contributed by atoms with Crippen LogP contribution in [-0.2, 0) is 10.0 Å². The first-order valence-electron chi connectivity index (χ1n) is 4.78. The van der Waals surface area contributed by atoms with E-state index in [0.717, 1.165) is 18.3 Å². The summed E-state index contributed by atoms with van der Waals surface area (Å²) in [6.45, 7) is 0.0893. The number of allylic oxidation sites excluding steroid dienone is 1. The maximum absolute atomic E-state index is 11.7. The number of sulfonamides is 1. The number of alkyl halides is 1. The van der Waals surface area contributed by atoms with Crippen LogP contribution in [0.15, 0.2) is 35.4 Å². The predicted molar refractivity (Wildman–Crippen MR) is 65.9 cm³/mol. The molecule has 0 amide bonds. The highest BCUT2D eigenvalue weighted by atomic mass is 35.5. The molecular weight excluding hydrogens is 282 g/mol. The van der Waals surface area contributed by atoms with Crippen molar-refractivity contribution >= 4 is 27.4 Å². The Hall–Kier alpha value is -1.51. The highest BCUT2D eigenvalue weighted by Crippen LogP contribution is 2.11. The topological polar surface area (TPSA) is 102 Å². The van der Waals surface area contributed by atoms with E-state index >= 15 is 0 Å². The van der Waals surface area contributed by atoms with Crippen molar-refractivity contribution in [3.05, 3.63) is 40.6 Å². The smallest absolute Gasteiger partial charge is 0.358 e. The summed E-state index contributed by atoms with van der Waals surface area (Å²) < 4.78 is 25.7. The van der Waals surface area contributed by atoms with E-state index in [2.05, 4.69) is 9.71 Å². The molecule has 1 N–H and O–H groups in total. The molecule has 9 heteroatoms. The molecule has 7 nitrogen and oxygen atoms in total. The first-order valence-corrected chi connectivity index (χ1v) is 6.80. The zero-order chi connectivity index (χ0) is 13.6. The molecule has 1 rings (SSSR count). The molecule has 0 radical (unpaired) electrons. The monoisotopic (exact) mass is 291 g/mol. The van der Waals surface area contributed by atoms with Crippen molar-refractivity contribution in [3.63, 3.8) is 0 Å². The van der Waals surface area contributed by atoms with Crippen LogP contribution in [0, 0.1) is 10.1 Å². The third-order valence-corrected chi connectivity index (χ3v) is 3.45. The van der Waals surface area contributed by atoms with E-state index < -0.39 is 20.8 Å². The lowest BCUT2D eigenvalue weighted by molar-refractivity contribution is -0.389. The zero-order valence-electron chi connectivity index (χ0n) is 9.11. The van der Waals surface area contributed by atoms with Crippen LogP contribution < -0.4 is 4.72 Å². The molecule has 0 saturated carbocycles. The summed E-state index contributed by atoms with van der Waals surface area (Å²) >= 11 is 5.38. The first kappa shape index (κ1) is 14.6. The Labute approximate surface area is 109 Å². The average Bonchev–Trinajstić information content (AvgIpc) is 2.35. The van der Waals surface area contributed by atoms with E-state index in [4.69, 9.17) is 11.6 Å². The van der Waals surface area contributed by atoms with Gasteiger partial charge in [0.25, 0.3) is 0 Å². The largest absolute Gasteiger partial charge is 0.363 e. The molecule has 0 aliphatic rings. The average molecular weight is 292 g/mol. The molecular formula is C9H10ClN3O4S. The molecule has 0 unspecified atom stereocenters. The van der Waals surface area contributed by atoms with Crippen molar-refractivity contribution in [3.8, 4) is 0 Å². The third kappa shape index (κ3) is 4.06. The fourth-order valence-electron chi connectivity index (χ4n) is 1.03. The van der Waals surface area contributed by atoms with Gasteiger partial charge in [-0.1, -0.05) is 12.2 Å². The minimum atomic E-state index is -3.71. The first-order chi connectivity index (χ1) is 8.47. The number of hydrogen-bond acceptors (Lipinski definition) is 5. The van der Waals surface area contributed by atoms with Crippen molar-refractivity contribution in [1.82, 2.24) is 9.71 Å². The van der Waals surface area contributed by atoms with Crippen LogP contribution in [0.4, 0.5) is 5.82 Å². The van der Waals surface area contributed by atoms with Gasteiger partial charge in [0.15, 0.2) is 6.20 Å². The van der Waals surface area contributed by atoms with Crippen LogP contribution >= 0.6 is 11.6 Å². The van der Waals surface area contributed by atoms with Gasteiger partial charge in [-0.3, -0.25) is 0 Å². The van der Waals surface area contributed by atoms with E-state index in [9.17, 15) is 18.5 Å². The molecule has 0 bridgehead atoms. The van der Waals surface area contributed by atoms with Crippen LogP contribution in [0.5, 0.6) is 0 Å². The van der Waals surface area contributed by atoms with E-state index in [1.807, 2.05) is 0 Å². The van der Waals surface area contributed by atoms with Gasteiger partial charge < -0.3 is 10.1 Å². The highest BCUT2D eigenvalue weighted by molar-refractivity contribution is 7.89. The van der Waals surface area contributed by atoms with Crippen molar-refractivity contribution in [2.45, 2.75) is 4.90 Å². The van der Waals surface area contributed by atoms with Gasteiger partial charge in [-0.05, 0) is 16.0 Å². The van der Waals surface area contributed by atoms with Gasteiger partial charge in [-0.25, -0.2) is 13.1 Å². The fraction of sp³-hybridized carbons (Fsp3) is 0.222. The molecule has 0 aliphatic carbocycles. The minimum absolute atomic E-state index is 0.0893. The maximum Gasteiger partial charge on any atom is 0.363 e. The zero-order valence-corrected chi connectivity index (χ0v) is 10.7. The summed E-state index contributed by atoms with van der Waals surface area (Å²) in [6.07, 6.45) is 4.09. The number of nitrogens with one attached hydrogen (secondary N) is 1. The Morgan fingerprint density at radius 3 is 2.67 bits per heavy atom. The van der Waals surface area contributed by atoms with E-state index in [1.165, 1.54) is 0 Å². The number of halogens is 1. The van der Waals surface area contributed by atoms with Crippen molar-refractivity contribution in [2.24, 2.45) is 0 Å². The molecule has 1 aromatic heterocycles. The Morgan fingerprint density at radius 1 is 1.44 bits per heavy atom. The summed E-state index contributed by atoms with van der Waals surface area (Å²) in [5.74, 6) is -0.114. The highest BCUT2D eigenvalue weighted by Gasteiger charge is 2.16. The molecule has 0 spiro atoms. The lowest BCUT2D eigenvalue weighted by Gasteiger charge is -2.02. The molecule has 0 saturated heterocycles. The SMILES string of the molecule is O=[N+]([O-])c1ccc(S(=O)(=O)NC/C=C/CCl)cn1. The number of hydrogen-bond donors (Lipinski definition) is 1. The third-order valence-electron chi connectivity index (χ3n) is 1.87. The van der Waals surface area contributed by atoms with Gasteiger partial charge in [0, 0.05) is 18.5 Å². The fourth-order valence-corrected chi connectivity index (χ4v) is 2.07.